The normalized spacial score (nSPS) is 11.1. The predicted octanol–water partition coefficient (Wildman–Crippen LogP) is 4.89. The van der Waals surface area contributed by atoms with Gasteiger partial charge in [-0.2, -0.15) is 5.21 Å². The second kappa shape index (κ2) is 10.8. The molecular weight excluding hydrogens is 412 g/mol. The zero-order valence-corrected chi connectivity index (χ0v) is 19.3. The lowest BCUT2D eigenvalue weighted by molar-refractivity contribution is 0.710. The number of unbranched alkanes of at least 4 members (excludes halogenated alkanes) is 2. The molecule has 170 valence electrons. The maximum atomic E-state index is 13.1. The lowest BCUT2D eigenvalue weighted by atomic mass is 9.94. The number of aromatic amines is 2. The lowest BCUT2D eigenvalue weighted by Gasteiger charge is -2.13. The first-order chi connectivity index (χ1) is 16.2. The first-order valence-corrected chi connectivity index (χ1v) is 11.7. The fourth-order valence-corrected chi connectivity index (χ4v) is 4.03. The molecule has 0 bridgehead atoms. The van der Waals surface area contributed by atoms with Gasteiger partial charge in [-0.05, 0) is 47.2 Å². The predicted molar refractivity (Wildman–Crippen MR) is 130 cm³/mol. The Bertz CT molecular complexity index is 1230. The molecule has 0 fully saturated rings. The molecule has 0 radical (unpaired) electrons. The summed E-state index contributed by atoms with van der Waals surface area (Å²) in [6.45, 7) is 4.30. The standard InChI is InChI=1S/C26H30N6O/c1-3-5-12-23-22(26(33)28-24(27-23)13-6-4-2)17-18-14-15-20(19-10-8-7-9-11-19)21(16-18)25-29-31-32-30-25/h7-11,14-16H,3-6,12-13,17H2,1-2H3,(H,27,28,33)(H,29,30,31,32). The summed E-state index contributed by atoms with van der Waals surface area (Å²) in [4.78, 5) is 20.9. The van der Waals surface area contributed by atoms with Gasteiger partial charge >= 0.3 is 0 Å². The van der Waals surface area contributed by atoms with Gasteiger partial charge in [-0.1, -0.05) is 69.2 Å². The quantitative estimate of drug-likeness (QED) is 0.364. The van der Waals surface area contributed by atoms with E-state index >= 15 is 0 Å². The van der Waals surface area contributed by atoms with E-state index in [9.17, 15) is 4.79 Å². The van der Waals surface area contributed by atoms with E-state index in [1.807, 2.05) is 18.2 Å². The molecule has 7 heteroatoms. The first-order valence-electron chi connectivity index (χ1n) is 11.7. The van der Waals surface area contributed by atoms with Gasteiger partial charge in [0.2, 0.25) is 5.82 Å². The third kappa shape index (κ3) is 5.42. The van der Waals surface area contributed by atoms with Crippen molar-refractivity contribution in [2.75, 3.05) is 0 Å². The number of aromatic nitrogens is 6. The Kier molecular flexibility index (Phi) is 7.40. The molecule has 2 N–H and O–H groups in total. The van der Waals surface area contributed by atoms with Crippen LogP contribution < -0.4 is 5.56 Å². The zero-order valence-electron chi connectivity index (χ0n) is 19.3. The Morgan fingerprint density at radius 3 is 2.42 bits per heavy atom. The second-order valence-electron chi connectivity index (χ2n) is 8.30. The number of aryl methyl sites for hydroxylation is 2. The molecule has 0 saturated heterocycles. The minimum absolute atomic E-state index is 0.0320. The van der Waals surface area contributed by atoms with Crippen molar-refractivity contribution < 1.29 is 0 Å². The fourth-order valence-electron chi connectivity index (χ4n) is 4.03. The van der Waals surface area contributed by atoms with Crippen molar-refractivity contribution in [3.63, 3.8) is 0 Å². The number of H-pyrrole nitrogens is 2. The summed E-state index contributed by atoms with van der Waals surface area (Å²) in [5.74, 6) is 1.33. The zero-order chi connectivity index (χ0) is 23.0. The first kappa shape index (κ1) is 22.6. The van der Waals surface area contributed by atoms with Gasteiger partial charge in [-0.3, -0.25) is 4.79 Å². The number of benzene rings is 2. The third-order valence-corrected chi connectivity index (χ3v) is 5.82. The summed E-state index contributed by atoms with van der Waals surface area (Å²) in [6.07, 6.45) is 6.29. The highest BCUT2D eigenvalue weighted by Crippen LogP contribution is 2.31. The largest absolute Gasteiger partial charge is 0.310 e. The smallest absolute Gasteiger partial charge is 0.254 e. The van der Waals surface area contributed by atoms with Crippen molar-refractivity contribution >= 4 is 0 Å². The molecule has 2 heterocycles. The van der Waals surface area contributed by atoms with Crippen LogP contribution in [0.2, 0.25) is 0 Å². The summed E-state index contributed by atoms with van der Waals surface area (Å²) < 4.78 is 0. The summed E-state index contributed by atoms with van der Waals surface area (Å²) in [7, 11) is 0. The summed E-state index contributed by atoms with van der Waals surface area (Å²) in [6, 6.07) is 16.3. The van der Waals surface area contributed by atoms with Crippen molar-refractivity contribution in [1.82, 2.24) is 30.6 Å². The number of nitrogens with zero attached hydrogens (tertiary/aromatic N) is 4. The fraction of sp³-hybridized carbons (Fsp3) is 0.346. The van der Waals surface area contributed by atoms with E-state index in [1.54, 1.807) is 0 Å². The summed E-state index contributed by atoms with van der Waals surface area (Å²) in [5, 5.41) is 14.7. The average molecular weight is 443 g/mol. The van der Waals surface area contributed by atoms with E-state index in [0.29, 0.717) is 12.2 Å². The van der Waals surface area contributed by atoms with Gasteiger partial charge in [-0.25, -0.2) is 4.98 Å². The van der Waals surface area contributed by atoms with Crippen LogP contribution in [-0.4, -0.2) is 30.6 Å². The van der Waals surface area contributed by atoms with Crippen molar-refractivity contribution in [2.24, 2.45) is 0 Å². The molecule has 0 amide bonds. The summed E-state index contributed by atoms with van der Waals surface area (Å²) >= 11 is 0. The minimum Gasteiger partial charge on any atom is -0.310 e. The van der Waals surface area contributed by atoms with E-state index in [-0.39, 0.29) is 5.56 Å². The highest BCUT2D eigenvalue weighted by molar-refractivity contribution is 5.80. The average Bonchev–Trinajstić information content (AvgIpc) is 3.38. The third-order valence-electron chi connectivity index (χ3n) is 5.82. The molecular formula is C26H30N6O. The van der Waals surface area contributed by atoms with Crippen molar-refractivity contribution in [2.45, 2.75) is 58.8 Å². The number of nitrogens with one attached hydrogen (secondary N) is 2. The SMILES string of the molecule is CCCCc1nc(CCCC)c(Cc2ccc(-c3ccccc3)c(-c3nn[nH]n3)c2)c(=O)[nH]1. The van der Waals surface area contributed by atoms with Gasteiger partial charge < -0.3 is 4.98 Å². The maximum absolute atomic E-state index is 13.1. The number of hydrogen-bond acceptors (Lipinski definition) is 5. The number of rotatable bonds is 10. The molecule has 0 spiro atoms. The van der Waals surface area contributed by atoms with Gasteiger partial charge in [0.05, 0.1) is 5.69 Å². The molecule has 33 heavy (non-hydrogen) atoms. The Morgan fingerprint density at radius 1 is 0.909 bits per heavy atom. The van der Waals surface area contributed by atoms with Crippen LogP contribution in [0.4, 0.5) is 0 Å². The van der Waals surface area contributed by atoms with Gasteiger partial charge in [0.25, 0.3) is 5.56 Å². The molecule has 7 nitrogen and oxygen atoms in total. The van der Waals surface area contributed by atoms with E-state index in [0.717, 1.165) is 77.9 Å². The Morgan fingerprint density at radius 2 is 1.70 bits per heavy atom. The minimum atomic E-state index is -0.0320. The molecule has 0 aliphatic heterocycles. The Balaban J connectivity index is 1.73. The van der Waals surface area contributed by atoms with Crippen LogP contribution in [0.1, 0.15) is 62.2 Å². The Labute approximate surface area is 193 Å². The van der Waals surface area contributed by atoms with Crippen LogP contribution in [0.25, 0.3) is 22.5 Å². The monoisotopic (exact) mass is 442 g/mol. The maximum Gasteiger partial charge on any atom is 0.254 e. The molecule has 2 aromatic heterocycles. The molecule has 2 aromatic carbocycles. The van der Waals surface area contributed by atoms with Crippen molar-refractivity contribution in [3.8, 4) is 22.5 Å². The second-order valence-corrected chi connectivity index (χ2v) is 8.30. The van der Waals surface area contributed by atoms with E-state index < -0.39 is 0 Å². The van der Waals surface area contributed by atoms with Crippen molar-refractivity contribution in [3.05, 3.63) is 81.5 Å². The molecule has 4 aromatic rings. The lowest BCUT2D eigenvalue weighted by Crippen LogP contribution is -2.21. The summed E-state index contributed by atoms with van der Waals surface area (Å²) in [5.41, 5.74) is 5.62. The van der Waals surface area contributed by atoms with Gasteiger partial charge in [0.1, 0.15) is 5.82 Å². The van der Waals surface area contributed by atoms with Crippen LogP contribution in [0, 0.1) is 0 Å². The van der Waals surface area contributed by atoms with Crippen LogP contribution in [-0.2, 0) is 19.3 Å². The Hall–Kier alpha value is -3.61. The highest BCUT2D eigenvalue weighted by atomic mass is 16.1. The molecule has 0 aliphatic rings. The van der Waals surface area contributed by atoms with Crippen LogP contribution in [0.15, 0.2) is 53.3 Å². The number of hydrogen-bond donors (Lipinski definition) is 2. The molecule has 0 aliphatic carbocycles. The van der Waals surface area contributed by atoms with Crippen LogP contribution in [0.3, 0.4) is 0 Å². The van der Waals surface area contributed by atoms with E-state index in [4.69, 9.17) is 4.98 Å². The van der Waals surface area contributed by atoms with E-state index in [1.165, 1.54) is 0 Å². The van der Waals surface area contributed by atoms with Gasteiger partial charge in [0, 0.05) is 24.0 Å². The van der Waals surface area contributed by atoms with Crippen molar-refractivity contribution in [1.29, 1.82) is 0 Å². The van der Waals surface area contributed by atoms with E-state index in [2.05, 4.69) is 69.8 Å². The topological polar surface area (TPSA) is 100 Å². The molecule has 0 saturated carbocycles. The molecule has 0 unspecified atom stereocenters. The van der Waals surface area contributed by atoms with Crippen LogP contribution >= 0.6 is 0 Å². The molecule has 0 atom stereocenters. The van der Waals surface area contributed by atoms with Gasteiger partial charge in [-0.15, -0.1) is 10.2 Å². The number of tetrazole rings is 1. The highest BCUT2D eigenvalue weighted by Gasteiger charge is 2.16. The molecule has 4 rings (SSSR count). The van der Waals surface area contributed by atoms with Crippen LogP contribution in [0.5, 0.6) is 0 Å². The van der Waals surface area contributed by atoms with Gasteiger partial charge in [0.15, 0.2) is 0 Å².